The van der Waals surface area contributed by atoms with Crippen molar-refractivity contribution in [3.05, 3.63) is 52.7 Å². The minimum Gasteiger partial charge on any atom is -0.397 e. The lowest BCUT2D eigenvalue weighted by Crippen LogP contribution is -2.22. The Morgan fingerprint density at radius 2 is 1.93 bits per heavy atom. The molecule has 3 N–H and O–H groups in total. The van der Waals surface area contributed by atoms with Crippen molar-refractivity contribution >= 4 is 43.8 Å². The van der Waals surface area contributed by atoms with Gasteiger partial charge in [0.25, 0.3) is 5.91 Å². The molecule has 0 spiro atoms. The topological polar surface area (TPSA) is 85.1 Å². The summed E-state index contributed by atoms with van der Waals surface area (Å²) < 4.78 is 49.5. The first-order valence-corrected chi connectivity index (χ1v) is 9.63. The number of alkyl halides is 3. The molecular weight excluding hydrogens is 399 g/mol. The molecule has 3 rings (SSSR count). The molecule has 3 aromatic rings. The normalized spacial score (nSPS) is 12.9. The van der Waals surface area contributed by atoms with E-state index in [-0.39, 0.29) is 17.3 Å². The van der Waals surface area contributed by atoms with Crippen LogP contribution in [0.15, 0.2) is 41.6 Å². The van der Waals surface area contributed by atoms with Gasteiger partial charge in [0, 0.05) is 29.2 Å². The highest BCUT2D eigenvalue weighted by Gasteiger charge is 2.37. The maximum absolute atomic E-state index is 12.5. The number of benzene rings is 1. The highest BCUT2D eigenvalue weighted by Crippen LogP contribution is 2.35. The summed E-state index contributed by atoms with van der Waals surface area (Å²) in [4.78, 5) is 16.5. The number of rotatable bonds is 4. The van der Waals surface area contributed by atoms with Crippen LogP contribution >= 0.6 is 11.3 Å². The van der Waals surface area contributed by atoms with E-state index in [1.54, 1.807) is 12.4 Å². The molecule has 27 heavy (non-hydrogen) atoms. The molecule has 1 unspecified atom stereocenters. The summed E-state index contributed by atoms with van der Waals surface area (Å²) in [5.41, 5.74) is 3.10. The van der Waals surface area contributed by atoms with E-state index in [4.69, 9.17) is 5.73 Å². The molecule has 1 atom stereocenters. The summed E-state index contributed by atoms with van der Waals surface area (Å²) in [5, 5.41) is 3.48. The Bertz CT molecular complexity index is 1030. The monoisotopic (exact) mass is 413 g/mol. The number of hydrogen-bond donors (Lipinski definition) is 2. The number of nitrogens with zero attached hydrogens (tertiary/aromatic N) is 1. The van der Waals surface area contributed by atoms with Crippen LogP contribution in [0.4, 0.5) is 18.9 Å². The standard InChI is InChI=1S/C17H14F3N3O2S2/c1-9-6-22-8-12-13(9)14(21)15(26-12)16(24)23-7-10-2-4-11(5-3-10)27(25)17(18,19)20/h2-6,8H,7,21H2,1H3,(H,23,24). The van der Waals surface area contributed by atoms with Crippen LogP contribution in [0.2, 0.25) is 0 Å². The van der Waals surface area contributed by atoms with Gasteiger partial charge in [0.2, 0.25) is 0 Å². The Labute approximate surface area is 158 Å². The molecule has 0 aliphatic rings. The van der Waals surface area contributed by atoms with Gasteiger partial charge in [0.05, 0.1) is 10.4 Å². The van der Waals surface area contributed by atoms with E-state index in [0.717, 1.165) is 27.8 Å². The van der Waals surface area contributed by atoms with Crippen molar-refractivity contribution in [2.75, 3.05) is 5.73 Å². The van der Waals surface area contributed by atoms with Crippen molar-refractivity contribution < 1.29 is 22.2 Å². The van der Waals surface area contributed by atoms with Crippen LogP contribution in [0.1, 0.15) is 20.8 Å². The van der Waals surface area contributed by atoms with E-state index in [0.29, 0.717) is 16.1 Å². The maximum Gasteiger partial charge on any atom is 0.475 e. The van der Waals surface area contributed by atoms with Gasteiger partial charge < -0.3 is 11.1 Å². The second-order valence-corrected chi connectivity index (χ2v) is 8.24. The fraction of sp³-hybridized carbons (Fsp3) is 0.176. The number of fused-ring (bicyclic) bond motifs is 1. The zero-order valence-corrected chi connectivity index (χ0v) is 15.6. The van der Waals surface area contributed by atoms with Gasteiger partial charge in [-0.3, -0.25) is 9.78 Å². The molecule has 0 radical (unpaired) electrons. The number of carbonyl (C=O) groups excluding carboxylic acids is 1. The minimum absolute atomic E-state index is 0.0999. The number of hydrogen-bond acceptors (Lipinski definition) is 5. The molecule has 0 aliphatic heterocycles. The van der Waals surface area contributed by atoms with Crippen LogP contribution in [0.25, 0.3) is 10.1 Å². The molecule has 0 fully saturated rings. The smallest absolute Gasteiger partial charge is 0.397 e. The number of aromatic nitrogens is 1. The predicted octanol–water partition coefficient (Wildman–Crippen LogP) is 3.74. The lowest BCUT2D eigenvalue weighted by Gasteiger charge is -2.08. The third kappa shape index (κ3) is 3.96. The number of amides is 1. The summed E-state index contributed by atoms with van der Waals surface area (Å²) >= 11 is 1.23. The number of nitrogens with one attached hydrogen (secondary N) is 1. The third-order valence-corrected chi connectivity index (χ3v) is 6.09. The molecule has 0 aliphatic carbocycles. The number of pyridine rings is 1. The second kappa shape index (κ2) is 7.28. The average Bonchev–Trinajstić information content (AvgIpc) is 2.97. The SMILES string of the molecule is Cc1cncc2sc(C(=O)NCc3ccc(S(=O)C(F)(F)F)cc3)c(N)c12. The summed E-state index contributed by atoms with van der Waals surface area (Å²) in [7, 11) is -3.07. The van der Waals surface area contributed by atoms with Gasteiger partial charge in [-0.25, -0.2) is 4.21 Å². The molecule has 0 saturated heterocycles. The van der Waals surface area contributed by atoms with Gasteiger partial charge in [-0.1, -0.05) is 12.1 Å². The third-order valence-electron chi connectivity index (χ3n) is 3.83. The molecule has 10 heteroatoms. The first-order valence-electron chi connectivity index (χ1n) is 7.67. The number of thiophene rings is 1. The molecule has 0 saturated carbocycles. The number of nitrogen functional groups attached to an aromatic ring is 1. The van der Waals surface area contributed by atoms with E-state index in [1.165, 1.54) is 23.5 Å². The van der Waals surface area contributed by atoms with E-state index in [1.807, 2.05) is 6.92 Å². The Balaban J connectivity index is 1.72. The van der Waals surface area contributed by atoms with E-state index < -0.39 is 16.3 Å². The zero-order valence-electron chi connectivity index (χ0n) is 14.0. The molecule has 142 valence electrons. The maximum atomic E-state index is 12.5. The largest absolute Gasteiger partial charge is 0.475 e. The number of nitrogens with two attached hydrogens (primary N) is 1. The Hall–Kier alpha value is -2.46. The summed E-state index contributed by atoms with van der Waals surface area (Å²) in [6.45, 7) is 1.95. The first-order chi connectivity index (χ1) is 12.7. The van der Waals surface area contributed by atoms with Gasteiger partial charge in [0.15, 0.2) is 10.8 Å². The van der Waals surface area contributed by atoms with Gasteiger partial charge in [-0.05, 0) is 30.2 Å². The summed E-state index contributed by atoms with van der Waals surface area (Å²) in [6.07, 6.45) is 3.30. The molecule has 2 aromatic heterocycles. The van der Waals surface area contributed by atoms with Crippen molar-refractivity contribution in [1.29, 1.82) is 0 Å². The van der Waals surface area contributed by atoms with Crippen molar-refractivity contribution in [1.82, 2.24) is 10.3 Å². The quantitative estimate of drug-likeness (QED) is 0.682. The number of aryl methyl sites for hydroxylation is 1. The van der Waals surface area contributed by atoms with E-state index in [2.05, 4.69) is 10.3 Å². The van der Waals surface area contributed by atoms with Crippen molar-refractivity contribution in [3.8, 4) is 0 Å². The van der Waals surface area contributed by atoms with Crippen molar-refractivity contribution in [2.24, 2.45) is 0 Å². The Kier molecular flexibility index (Phi) is 5.20. The van der Waals surface area contributed by atoms with Crippen LogP contribution in [0, 0.1) is 6.92 Å². The number of anilines is 1. The van der Waals surface area contributed by atoms with Crippen LogP contribution in [0.5, 0.6) is 0 Å². The van der Waals surface area contributed by atoms with Gasteiger partial charge in [0.1, 0.15) is 4.88 Å². The fourth-order valence-electron chi connectivity index (χ4n) is 2.54. The summed E-state index contributed by atoms with van der Waals surface area (Å²) in [6, 6.07) is 5.05. The number of halogens is 3. The first kappa shape index (κ1) is 19.3. The highest BCUT2D eigenvalue weighted by molar-refractivity contribution is 7.86. The minimum atomic E-state index is -4.80. The van der Waals surface area contributed by atoms with Gasteiger partial charge in [-0.15, -0.1) is 11.3 Å². The van der Waals surface area contributed by atoms with Crippen molar-refractivity contribution in [2.45, 2.75) is 23.9 Å². The lowest BCUT2D eigenvalue weighted by molar-refractivity contribution is -0.0384. The predicted molar refractivity (Wildman–Crippen MR) is 98.8 cm³/mol. The van der Waals surface area contributed by atoms with Crippen LogP contribution in [0.3, 0.4) is 0 Å². The lowest BCUT2D eigenvalue weighted by atomic mass is 10.1. The molecular formula is C17H14F3N3O2S2. The van der Waals surface area contributed by atoms with E-state index in [9.17, 15) is 22.2 Å². The highest BCUT2D eigenvalue weighted by atomic mass is 32.2. The zero-order chi connectivity index (χ0) is 19.8. The van der Waals surface area contributed by atoms with Crippen LogP contribution in [-0.4, -0.2) is 20.6 Å². The fourth-order valence-corrected chi connectivity index (χ4v) is 4.27. The molecule has 1 aromatic carbocycles. The van der Waals surface area contributed by atoms with Gasteiger partial charge >= 0.3 is 5.51 Å². The Morgan fingerprint density at radius 3 is 2.52 bits per heavy atom. The van der Waals surface area contributed by atoms with Crippen molar-refractivity contribution in [3.63, 3.8) is 0 Å². The molecule has 5 nitrogen and oxygen atoms in total. The van der Waals surface area contributed by atoms with E-state index >= 15 is 0 Å². The van der Waals surface area contributed by atoms with Gasteiger partial charge in [-0.2, -0.15) is 13.2 Å². The average molecular weight is 413 g/mol. The molecule has 0 bridgehead atoms. The molecule has 2 heterocycles. The Morgan fingerprint density at radius 1 is 1.26 bits per heavy atom. The van der Waals surface area contributed by atoms with Crippen LogP contribution < -0.4 is 11.1 Å². The van der Waals surface area contributed by atoms with Crippen LogP contribution in [-0.2, 0) is 17.3 Å². The second-order valence-electron chi connectivity index (χ2n) is 5.72. The number of carbonyl (C=O) groups is 1. The summed E-state index contributed by atoms with van der Waals surface area (Å²) in [5.74, 6) is -0.379. The molecule has 1 amide bonds.